The van der Waals surface area contributed by atoms with Crippen LogP contribution in [0, 0.1) is 5.82 Å². The van der Waals surface area contributed by atoms with E-state index in [1.54, 1.807) is 35.2 Å². The maximum absolute atomic E-state index is 13.8. The lowest BCUT2D eigenvalue weighted by atomic mass is 10.1. The lowest BCUT2D eigenvalue weighted by Gasteiger charge is -2.34. The quantitative estimate of drug-likeness (QED) is 0.487. The molecule has 0 atom stereocenters. The third-order valence-electron chi connectivity index (χ3n) is 5.87. The van der Waals surface area contributed by atoms with Crippen molar-refractivity contribution in [2.24, 2.45) is 0 Å². The Kier molecular flexibility index (Phi) is 7.17. The first-order chi connectivity index (χ1) is 16.4. The number of nitrogens with zero attached hydrogens (tertiary/aromatic N) is 3. The summed E-state index contributed by atoms with van der Waals surface area (Å²) in [6.07, 6.45) is 0. The molecular formula is C24H25FN4O5. The van der Waals surface area contributed by atoms with E-state index in [4.69, 9.17) is 4.74 Å². The predicted molar refractivity (Wildman–Crippen MR) is 119 cm³/mol. The van der Waals surface area contributed by atoms with E-state index in [0.717, 1.165) is 4.90 Å². The van der Waals surface area contributed by atoms with E-state index in [-0.39, 0.29) is 42.9 Å². The molecule has 2 fully saturated rings. The second-order valence-electron chi connectivity index (χ2n) is 8.16. The molecule has 0 saturated carbocycles. The van der Waals surface area contributed by atoms with Gasteiger partial charge >= 0.3 is 12.0 Å². The van der Waals surface area contributed by atoms with E-state index in [2.05, 4.69) is 10.2 Å². The average Bonchev–Trinajstić information content (AvgIpc) is 3.17. The van der Waals surface area contributed by atoms with Crippen molar-refractivity contribution in [3.8, 4) is 0 Å². The molecule has 0 spiro atoms. The summed E-state index contributed by atoms with van der Waals surface area (Å²) in [5.74, 6) is -1.46. The van der Waals surface area contributed by atoms with Crippen molar-refractivity contribution in [2.45, 2.75) is 13.1 Å². The van der Waals surface area contributed by atoms with Crippen LogP contribution in [0.5, 0.6) is 0 Å². The average molecular weight is 468 g/mol. The van der Waals surface area contributed by atoms with Gasteiger partial charge in [0.1, 0.15) is 5.82 Å². The fourth-order valence-corrected chi connectivity index (χ4v) is 3.87. The number of ether oxygens (including phenoxy) is 1. The van der Waals surface area contributed by atoms with Crippen molar-refractivity contribution < 1.29 is 28.3 Å². The number of urea groups is 1. The highest BCUT2D eigenvalue weighted by Crippen LogP contribution is 2.13. The van der Waals surface area contributed by atoms with Gasteiger partial charge in [-0.1, -0.05) is 30.3 Å². The van der Waals surface area contributed by atoms with Crippen LogP contribution in [0.15, 0.2) is 48.5 Å². The third kappa shape index (κ3) is 5.57. The van der Waals surface area contributed by atoms with Crippen molar-refractivity contribution in [1.82, 2.24) is 20.0 Å². The molecule has 9 nitrogen and oxygen atoms in total. The number of piperazine rings is 1. The van der Waals surface area contributed by atoms with Gasteiger partial charge in [0.05, 0.1) is 18.7 Å². The molecule has 0 bridgehead atoms. The molecule has 4 rings (SSSR count). The molecule has 10 heteroatoms. The molecule has 1 N–H and O–H groups in total. The zero-order valence-corrected chi connectivity index (χ0v) is 18.5. The van der Waals surface area contributed by atoms with E-state index in [1.165, 1.54) is 18.2 Å². The van der Waals surface area contributed by atoms with Crippen molar-refractivity contribution in [3.63, 3.8) is 0 Å². The standard InChI is InChI=1S/C24H25FN4O5/c25-20-4-2-1-3-19(20)15-27-9-11-28(12-10-27)22(31)16-34-23(32)18-7-5-17(6-8-18)14-29-21(30)13-26-24(29)33/h1-8H,9-16H2,(H,26,33). The van der Waals surface area contributed by atoms with Gasteiger partial charge in [-0.05, 0) is 23.8 Å². The summed E-state index contributed by atoms with van der Waals surface area (Å²) < 4.78 is 19.0. The van der Waals surface area contributed by atoms with Gasteiger partial charge < -0.3 is 15.0 Å². The Labute approximate surface area is 196 Å². The number of halogens is 1. The van der Waals surface area contributed by atoms with Gasteiger partial charge in [0.15, 0.2) is 6.61 Å². The highest BCUT2D eigenvalue weighted by Gasteiger charge is 2.28. The minimum Gasteiger partial charge on any atom is -0.452 e. The van der Waals surface area contributed by atoms with E-state index in [9.17, 15) is 23.6 Å². The van der Waals surface area contributed by atoms with Crippen molar-refractivity contribution in [1.29, 1.82) is 0 Å². The van der Waals surface area contributed by atoms with Crippen LogP contribution in [-0.2, 0) is 27.4 Å². The number of rotatable bonds is 7. The second kappa shape index (κ2) is 10.4. The summed E-state index contributed by atoms with van der Waals surface area (Å²) in [7, 11) is 0. The first-order valence-electron chi connectivity index (χ1n) is 11.0. The Morgan fingerprint density at radius 3 is 2.29 bits per heavy atom. The Balaban J connectivity index is 1.21. The number of esters is 1. The molecule has 2 saturated heterocycles. The normalized spacial score (nSPS) is 16.5. The third-order valence-corrected chi connectivity index (χ3v) is 5.87. The maximum atomic E-state index is 13.8. The minimum absolute atomic E-state index is 0.0160. The van der Waals surface area contributed by atoms with Crippen molar-refractivity contribution in [3.05, 3.63) is 71.0 Å². The van der Waals surface area contributed by atoms with Crippen LogP contribution in [0.2, 0.25) is 0 Å². The van der Waals surface area contributed by atoms with Crippen LogP contribution in [0.3, 0.4) is 0 Å². The summed E-state index contributed by atoms with van der Waals surface area (Å²) in [6, 6.07) is 12.5. The van der Waals surface area contributed by atoms with Crippen LogP contribution >= 0.6 is 0 Å². The molecule has 2 heterocycles. The van der Waals surface area contributed by atoms with Gasteiger partial charge in [0.25, 0.3) is 5.91 Å². The Morgan fingerprint density at radius 2 is 1.65 bits per heavy atom. The predicted octanol–water partition coefficient (Wildman–Crippen LogP) is 1.38. The lowest BCUT2D eigenvalue weighted by molar-refractivity contribution is -0.136. The highest BCUT2D eigenvalue weighted by atomic mass is 19.1. The van der Waals surface area contributed by atoms with Crippen LogP contribution < -0.4 is 5.32 Å². The number of amides is 4. The number of nitrogens with one attached hydrogen (secondary N) is 1. The first kappa shape index (κ1) is 23.4. The number of benzene rings is 2. The second-order valence-corrected chi connectivity index (χ2v) is 8.16. The molecule has 0 aliphatic carbocycles. The van der Waals surface area contributed by atoms with Crippen LogP contribution in [0.25, 0.3) is 0 Å². The molecule has 0 radical (unpaired) electrons. The van der Waals surface area contributed by atoms with Gasteiger partial charge in [-0.3, -0.25) is 19.4 Å². The fraction of sp³-hybridized carbons (Fsp3) is 0.333. The fourth-order valence-electron chi connectivity index (χ4n) is 3.87. The topological polar surface area (TPSA) is 99.3 Å². The smallest absolute Gasteiger partial charge is 0.338 e. The van der Waals surface area contributed by atoms with Gasteiger partial charge in [-0.2, -0.15) is 0 Å². The summed E-state index contributed by atoms with van der Waals surface area (Å²) in [6.45, 7) is 2.37. The van der Waals surface area contributed by atoms with Gasteiger partial charge in [-0.25, -0.2) is 14.0 Å². The number of imide groups is 1. The lowest BCUT2D eigenvalue weighted by Crippen LogP contribution is -2.49. The first-order valence-corrected chi connectivity index (χ1v) is 11.0. The van der Waals surface area contributed by atoms with Crippen LogP contribution in [0.4, 0.5) is 9.18 Å². The molecule has 2 aromatic carbocycles. The maximum Gasteiger partial charge on any atom is 0.338 e. The number of carbonyl (C=O) groups is 4. The number of hydrogen-bond acceptors (Lipinski definition) is 6. The summed E-state index contributed by atoms with van der Waals surface area (Å²) in [5.41, 5.74) is 1.58. The molecule has 2 aromatic rings. The zero-order valence-electron chi connectivity index (χ0n) is 18.5. The Morgan fingerprint density at radius 1 is 0.941 bits per heavy atom. The van der Waals surface area contributed by atoms with Crippen LogP contribution in [-0.4, -0.2) is 77.8 Å². The van der Waals surface area contributed by atoms with Crippen LogP contribution in [0.1, 0.15) is 21.5 Å². The van der Waals surface area contributed by atoms with E-state index >= 15 is 0 Å². The summed E-state index contributed by atoms with van der Waals surface area (Å²) in [4.78, 5) is 52.9. The molecular weight excluding hydrogens is 443 g/mol. The molecule has 0 unspecified atom stereocenters. The SMILES string of the molecule is O=C(OCC(=O)N1CCN(Cc2ccccc2F)CC1)c1ccc(CN2C(=O)CNC2=O)cc1. The van der Waals surface area contributed by atoms with Crippen molar-refractivity contribution >= 4 is 23.8 Å². The van der Waals surface area contributed by atoms with E-state index in [1.807, 2.05) is 0 Å². The highest BCUT2D eigenvalue weighted by molar-refractivity contribution is 6.01. The molecule has 2 aliphatic heterocycles. The van der Waals surface area contributed by atoms with E-state index in [0.29, 0.717) is 43.9 Å². The molecule has 178 valence electrons. The number of hydrogen-bond donors (Lipinski definition) is 1. The Hall–Kier alpha value is -3.79. The zero-order chi connectivity index (χ0) is 24.1. The Bertz CT molecular complexity index is 1070. The van der Waals surface area contributed by atoms with Crippen molar-refractivity contribution in [2.75, 3.05) is 39.3 Å². The summed E-state index contributed by atoms with van der Waals surface area (Å²) >= 11 is 0. The number of carbonyl (C=O) groups excluding carboxylic acids is 4. The molecule has 4 amide bonds. The molecule has 0 aromatic heterocycles. The van der Waals surface area contributed by atoms with Gasteiger partial charge in [-0.15, -0.1) is 0 Å². The van der Waals surface area contributed by atoms with E-state index < -0.39 is 12.0 Å². The minimum atomic E-state index is -0.631. The van der Waals surface area contributed by atoms with Gasteiger partial charge in [0.2, 0.25) is 5.91 Å². The molecule has 2 aliphatic rings. The molecule has 34 heavy (non-hydrogen) atoms. The van der Waals surface area contributed by atoms with Gasteiger partial charge in [0, 0.05) is 38.3 Å². The summed E-state index contributed by atoms with van der Waals surface area (Å²) in [5, 5.41) is 2.45. The monoisotopic (exact) mass is 468 g/mol. The largest absolute Gasteiger partial charge is 0.452 e.